The van der Waals surface area contributed by atoms with Crippen LogP contribution in [0.3, 0.4) is 0 Å². The maximum absolute atomic E-state index is 12.6. The molecule has 0 aliphatic heterocycles. The molecule has 142 valence electrons. The number of pyridine rings is 1. The van der Waals surface area contributed by atoms with Crippen molar-refractivity contribution in [2.45, 2.75) is 11.3 Å². The maximum atomic E-state index is 12.6. The van der Waals surface area contributed by atoms with Crippen LogP contribution in [0.5, 0.6) is 11.6 Å². The van der Waals surface area contributed by atoms with E-state index in [4.69, 9.17) is 9.47 Å². The zero-order chi connectivity index (χ0) is 19.2. The Morgan fingerprint density at radius 3 is 2.54 bits per heavy atom. The fourth-order valence-corrected chi connectivity index (χ4v) is 3.50. The molecular weight excluding hydrogens is 422 g/mol. The van der Waals surface area contributed by atoms with Gasteiger partial charge in [0.25, 0.3) is 10.0 Å². The second-order valence-corrected chi connectivity index (χ2v) is 8.39. The Morgan fingerprint density at radius 1 is 1.23 bits per heavy atom. The smallest absolute Gasteiger partial charge is 0.262 e. The lowest BCUT2D eigenvalue weighted by Crippen LogP contribution is -2.17. The third-order valence-corrected chi connectivity index (χ3v) is 5.24. The summed E-state index contributed by atoms with van der Waals surface area (Å²) in [6, 6.07) is 7.75. The Morgan fingerprint density at radius 2 is 1.92 bits per heavy atom. The van der Waals surface area contributed by atoms with Crippen LogP contribution in [0.1, 0.15) is 6.42 Å². The molecular formula is C17H22BrN3O4S. The van der Waals surface area contributed by atoms with E-state index in [0.29, 0.717) is 16.8 Å². The summed E-state index contributed by atoms with van der Waals surface area (Å²) in [5.41, 5.74) is 0.278. The van der Waals surface area contributed by atoms with E-state index in [2.05, 4.69) is 25.6 Å². The van der Waals surface area contributed by atoms with Crippen LogP contribution in [-0.4, -0.2) is 52.7 Å². The van der Waals surface area contributed by atoms with Crippen molar-refractivity contribution in [3.8, 4) is 11.6 Å². The molecule has 0 bridgehead atoms. The van der Waals surface area contributed by atoms with E-state index in [1.54, 1.807) is 24.4 Å². The number of aromatic nitrogens is 1. The highest BCUT2D eigenvalue weighted by Crippen LogP contribution is 2.28. The van der Waals surface area contributed by atoms with E-state index in [1.165, 1.54) is 19.2 Å². The summed E-state index contributed by atoms with van der Waals surface area (Å²) in [5, 5.41) is 0. The van der Waals surface area contributed by atoms with Crippen LogP contribution in [0.25, 0.3) is 0 Å². The Kier molecular flexibility index (Phi) is 7.24. The van der Waals surface area contributed by atoms with E-state index >= 15 is 0 Å². The van der Waals surface area contributed by atoms with Gasteiger partial charge in [-0.25, -0.2) is 13.4 Å². The molecule has 0 fully saturated rings. The van der Waals surface area contributed by atoms with Gasteiger partial charge in [-0.1, -0.05) is 0 Å². The molecule has 1 aromatic carbocycles. The number of sulfonamides is 1. The van der Waals surface area contributed by atoms with Crippen molar-refractivity contribution in [3.05, 3.63) is 41.0 Å². The summed E-state index contributed by atoms with van der Waals surface area (Å²) in [5.74, 6) is 0.821. The van der Waals surface area contributed by atoms with Gasteiger partial charge in [-0.3, -0.25) is 4.72 Å². The van der Waals surface area contributed by atoms with E-state index in [0.717, 1.165) is 13.0 Å². The minimum absolute atomic E-state index is 0.122. The topological polar surface area (TPSA) is 80.8 Å². The number of anilines is 1. The van der Waals surface area contributed by atoms with Gasteiger partial charge in [0.05, 0.1) is 18.6 Å². The lowest BCUT2D eigenvalue weighted by atomic mass is 10.3. The Bertz CT molecular complexity index is 826. The Balaban J connectivity index is 2.16. The molecule has 2 aromatic rings. The third-order valence-electron chi connectivity index (χ3n) is 3.42. The summed E-state index contributed by atoms with van der Waals surface area (Å²) in [6.07, 6.45) is 2.36. The number of nitrogens with one attached hydrogen (secondary N) is 1. The number of hydrogen-bond acceptors (Lipinski definition) is 6. The summed E-state index contributed by atoms with van der Waals surface area (Å²) in [7, 11) is 1.70. The molecule has 0 saturated carbocycles. The van der Waals surface area contributed by atoms with Crippen molar-refractivity contribution in [1.82, 2.24) is 9.88 Å². The van der Waals surface area contributed by atoms with Crippen molar-refractivity contribution in [3.63, 3.8) is 0 Å². The molecule has 0 spiro atoms. The van der Waals surface area contributed by atoms with Crippen molar-refractivity contribution in [2.24, 2.45) is 0 Å². The molecule has 7 nitrogen and oxygen atoms in total. The zero-order valence-electron chi connectivity index (χ0n) is 14.9. The number of halogens is 1. The monoisotopic (exact) mass is 443 g/mol. The molecule has 1 aromatic heterocycles. The first kappa shape index (κ1) is 20.5. The van der Waals surface area contributed by atoms with Crippen molar-refractivity contribution >= 4 is 31.6 Å². The summed E-state index contributed by atoms with van der Waals surface area (Å²) in [4.78, 5) is 6.34. The fraction of sp³-hybridized carbons (Fsp3) is 0.353. The number of nitrogens with zero attached hydrogens (tertiary/aromatic N) is 2. The summed E-state index contributed by atoms with van der Waals surface area (Å²) < 4.78 is 39.1. The van der Waals surface area contributed by atoms with Gasteiger partial charge in [0.1, 0.15) is 11.4 Å². The van der Waals surface area contributed by atoms with Crippen LogP contribution < -0.4 is 14.2 Å². The normalized spacial score (nSPS) is 11.4. The van der Waals surface area contributed by atoms with Gasteiger partial charge in [-0.05, 0) is 66.8 Å². The van der Waals surface area contributed by atoms with Crippen molar-refractivity contribution < 1.29 is 17.9 Å². The van der Waals surface area contributed by atoms with Crippen LogP contribution in [0.2, 0.25) is 0 Å². The van der Waals surface area contributed by atoms with Gasteiger partial charge in [0.15, 0.2) is 0 Å². The second kappa shape index (κ2) is 9.20. The van der Waals surface area contributed by atoms with Crippen molar-refractivity contribution in [1.29, 1.82) is 0 Å². The second-order valence-electron chi connectivity index (χ2n) is 5.79. The van der Waals surface area contributed by atoms with Crippen LogP contribution in [0.4, 0.5) is 5.69 Å². The van der Waals surface area contributed by atoms with Gasteiger partial charge in [-0.15, -0.1) is 0 Å². The average molecular weight is 444 g/mol. The maximum Gasteiger partial charge on any atom is 0.262 e. The first-order chi connectivity index (χ1) is 12.3. The zero-order valence-corrected chi connectivity index (χ0v) is 17.3. The minimum atomic E-state index is -3.78. The molecule has 1 N–H and O–H groups in total. The quantitative estimate of drug-likeness (QED) is 0.599. The number of ether oxygens (including phenoxy) is 2. The summed E-state index contributed by atoms with van der Waals surface area (Å²) >= 11 is 3.30. The third kappa shape index (κ3) is 5.86. The first-order valence-corrected chi connectivity index (χ1v) is 10.2. The van der Waals surface area contributed by atoms with Gasteiger partial charge in [0, 0.05) is 17.2 Å². The van der Waals surface area contributed by atoms with Gasteiger partial charge < -0.3 is 14.4 Å². The highest BCUT2D eigenvalue weighted by Gasteiger charge is 2.18. The van der Waals surface area contributed by atoms with Gasteiger partial charge in [0.2, 0.25) is 5.88 Å². The molecule has 9 heteroatoms. The highest BCUT2D eigenvalue weighted by atomic mass is 79.9. The standard InChI is InChI=1S/C17H22BrN3O4S/c1-21(2)9-4-10-25-17-16(11-13(18)12-19-17)20-26(22,23)15-7-5-14(24-3)6-8-15/h5-8,11-12,20H,4,9-10H2,1-3H3. The lowest BCUT2D eigenvalue weighted by Gasteiger charge is -2.14. The Hall–Kier alpha value is -1.84. The lowest BCUT2D eigenvalue weighted by molar-refractivity contribution is 0.274. The predicted octanol–water partition coefficient (Wildman–Crippen LogP) is 2.98. The molecule has 0 aliphatic carbocycles. The fourth-order valence-electron chi connectivity index (χ4n) is 2.12. The van der Waals surface area contributed by atoms with E-state index in [9.17, 15) is 8.42 Å². The highest BCUT2D eigenvalue weighted by molar-refractivity contribution is 9.10. The number of methoxy groups -OCH3 is 1. The molecule has 0 unspecified atom stereocenters. The largest absolute Gasteiger partial charge is 0.497 e. The molecule has 1 heterocycles. The predicted molar refractivity (Wildman–Crippen MR) is 104 cm³/mol. The number of hydrogen-bond donors (Lipinski definition) is 1. The average Bonchev–Trinajstić information content (AvgIpc) is 2.60. The molecule has 0 aliphatic rings. The molecule has 0 amide bonds. The van der Waals surface area contributed by atoms with Crippen molar-refractivity contribution in [2.75, 3.05) is 39.1 Å². The molecule has 26 heavy (non-hydrogen) atoms. The first-order valence-electron chi connectivity index (χ1n) is 7.92. The van der Waals surface area contributed by atoms with Crippen LogP contribution in [0, 0.1) is 0 Å². The van der Waals surface area contributed by atoms with Crippen LogP contribution in [-0.2, 0) is 10.0 Å². The number of rotatable bonds is 9. The Labute approximate surface area is 162 Å². The molecule has 0 saturated heterocycles. The number of benzene rings is 1. The van der Waals surface area contributed by atoms with Crippen LogP contribution >= 0.6 is 15.9 Å². The summed E-state index contributed by atoms with van der Waals surface area (Å²) in [6.45, 7) is 1.30. The van der Waals surface area contributed by atoms with Gasteiger partial charge >= 0.3 is 0 Å². The van der Waals surface area contributed by atoms with E-state index in [1.807, 2.05) is 19.0 Å². The van der Waals surface area contributed by atoms with Crippen LogP contribution in [0.15, 0.2) is 45.9 Å². The SMILES string of the molecule is COc1ccc(S(=O)(=O)Nc2cc(Br)cnc2OCCCN(C)C)cc1. The van der Waals surface area contributed by atoms with Gasteiger partial charge in [-0.2, -0.15) is 0 Å². The molecule has 0 radical (unpaired) electrons. The minimum Gasteiger partial charge on any atom is -0.497 e. The molecule has 0 atom stereocenters. The van der Waals surface area contributed by atoms with E-state index < -0.39 is 10.0 Å². The van der Waals surface area contributed by atoms with E-state index in [-0.39, 0.29) is 16.5 Å². The molecule has 2 rings (SSSR count).